The first-order chi connectivity index (χ1) is 57.5. The van der Waals surface area contributed by atoms with E-state index >= 15 is 0 Å². The van der Waals surface area contributed by atoms with Gasteiger partial charge in [0.05, 0.1) is 44.8 Å². The Morgan fingerprint density at radius 3 is 1.34 bits per heavy atom. The molecule has 5 aliphatic heterocycles. The number of aliphatic hydroxyl groups is 4. The van der Waals surface area contributed by atoms with Gasteiger partial charge in [-0.3, -0.25) is 86.3 Å². The van der Waals surface area contributed by atoms with Crippen LogP contribution in [0.2, 0.25) is 0 Å². The van der Waals surface area contributed by atoms with Gasteiger partial charge >= 0.3 is 11.9 Å². The zero-order valence-corrected chi connectivity index (χ0v) is 69.9. The van der Waals surface area contributed by atoms with Crippen LogP contribution in [0.3, 0.4) is 0 Å². The summed E-state index contributed by atoms with van der Waals surface area (Å²) in [5.41, 5.74) is 9.25. The SMILES string of the molecule is CC[C@H](C)[C@H](NC(=O)[C@@H]1CCCN1C(=O)[C@H](CC(C)C)NC(=O)[C@@H](NC(=O)[C@H](CO)NC(=O)C[NH3+])[C@@H](C)O)C(=O)N1CCC[C@H]1C(=O)NCC(=O)N[C@H](C(=O)N1CCC[C@H]1C(=O)N1CCC[C@H]1C(=O)N1CCC[C@H]1C(=O)N[C@@H](CC(N)=O)C(=O)N[C@@H](Cc1ccc(O)cc1)C(=O)N[C@@H](CC(=O)O)C(=O)N[C@@H](CO)C(=O)N[C@@H](CC(C)C)C(=O)O)[C@@H](C)O. The minimum Gasteiger partial charge on any atom is -0.508 e. The van der Waals surface area contributed by atoms with Crippen molar-refractivity contribution in [3.63, 3.8) is 0 Å². The van der Waals surface area contributed by atoms with Crippen LogP contribution < -0.4 is 70.0 Å². The Morgan fingerprint density at radius 2 is 0.836 bits per heavy atom. The van der Waals surface area contributed by atoms with Gasteiger partial charge in [-0.1, -0.05) is 60.1 Å². The molecule has 0 aromatic heterocycles. The van der Waals surface area contributed by atoms with Crippen LogP contribution in [0.15, 0.2) is 24.3 Å². The van der Waals surface area contributed by atoms with Crippen LogP contribution in [0.4, 0.5) is 0 Å². The first kappa shape index (κ1) is 99.6. The number of nitrogens with zero attached hydrogens (tertiary/aromatic N) is 5. The Kier molecular flexibility index (Phi) is 38.1. The normalized spacial score (nSPS) is 20.8. The largest absolute Gasteiger partial charge is 0.508 e. The summed E-state index contributed by atoms with van der Waals surface area (Å²) in [5.74, 6) is -20.0. The number of amides is 17. The summed E-state index contributed by atoms with van der Waals surface area (Å²) >= 11 is 0. The van der Waals surface area contributed by atoms with Gasteiger partial charge in [0, 0.05) is 39.1 Å². The third kappa shape index (κ3) is 27.6. The van der Waals surface area contributed by atoms with Crippen LogP contribution in [0, 0.1) is 17.8 Å². The number of aliphatic carboxylic acids is 2. The average Bonchev–Trinajstić information content (AvgIpc) is 1.63. The minimum absolute atomic E-state index is 0.000334. The monoisotopic (exact) mass is 1730 g/mol. The van der Waals surface area contributed by atoms with Gasteiger partial charge in [0.15, 0.2) is 6.54 Å². The van der Waals surface area contributed by atoms with Gasteiger partial charge in [-0.2, -0.15) is 0 Å². The predicted molar refractivity (Wildman–Crippen MR) is 425 cm³/mol. The van der Waals surface area contributed by atoms with E-state index in [-0.39, 0.29) is 127 Å². The lowest BCUT2D eigenvalue weighted by atomic mass is 9.96. The second-order valence-electron chi connectivity index (χ2n) is 32.4. The van der Waals surface area contributed by atoms with E-state index in [2.05, 4.69) is 64.2 Å². The standard InChI is InChI=1S/C78H120N18O26/c1-9-40(6)61(90-71(114)54-17-11-24-92(54)73(116)48(29-38(2)3)86-72(115)62(41(7)99)91-68(111)50(36-97)82-58(103)34-79)76(119)94-26-10-15-52(94)69(112)81-35-59(104)89-63(42(8)100)77(120)96-28-14-19-56(96)75(118)95-27-13-18-55(95)74(117)93-25-12-16-53(93)70(113)85-46(32-57(80)102)65(108)83-45(31-43-20-22-44(101)23-21-43)64(107)84-47(33-60(105)106)66(109)88-51(37-98)67(110)87-49(78(121)122)30-39(4)5/h20-23,38-42,45-56,61-63,97-101H,9-19,24-37,79H2,1-8H3,(H2,80,102)(H,81,112)(H,82,103)(H,83,108)(H,84,107)(H,85,113)(H,86,115)(H,87,110)(H,88,109)(H,89,104)(H,90,114)(H,91,111)(H,105,106)(H,121,122)/p+1/t40-,41+,42+,45-,46-,47-,48-,49-,50-,51-,52-,53-,54-,55-,56-,61-,62-,63-/m0/s1. The summed E-state index contributed by atoms with van der Waals surface area (Å²) in [6.45, 7) is 9.88. The molecule has 122 heavy (non-hydrogen) atoms. The molecule has 6 rings (SSSR count). The molecule has 678 valence electrons. The molecule has 1 aromatic carbocycles. The van der Waals surface area contributed by atoms with Crippen LogP contribution in [-0.4, -0.2) is 334 Å². The van der Waals surface area contributed by atoms with Crippen molar-refractivity contribution in [1.82, 2.24) is 83.0 Å². The molecule has 0 radical (unpaired) electrons. The van der Waals surface area contributed by atoms with Crippen molar-refractivity contribution in [2.24, 2.45) is 23.5 Å². The van der Waals surface area contributed by atoms with Crippen LogP contribution in [-0.2, 0) is 97.5 Å². The van der Waals surface area contributed by atoms with Gasteiger partial charge in [0.25, 0.3) is 5.91 Å². The van der Waals surface area contributed by atoms with Gasteiger partial charge in [0.2, 0.25) is 94.5 Å². The highest BCUT2D eigenvalue weighted by Gasteiger charge is 2.50. The third-order valence-electron chi connectivity index (χ3n) is 22.1. The number of likely N-dealkylation sites (tertiary alicyclic amines) is 5. The molecule has 0 spiro atoms. The number of carbonyl (C=O) groups is 19. The second kappa shape index (κ2) is 46.7. The van der Waals surface area contributed by atoms with Crippen molar-refractivity contribution in [3.05, 3.63) is 29.8 Å². The fraction of sp³-hybridized carbons (Fsp3) is 0.679. The molecule has 5 saturated heterocycles. The molecule has 5 heterocycles. The van der Waals surface area contributed by atoms with Crippen molar-refractivity contribution in [2.75, 3.05) is 59.0 Å². The molecule has 5 fully saturated rings. The molecule has 1 aromatic rings. The number of hydrogen-bond donors (Lipinski definition) is 20. The molecule has 23 N–H and O–H groups in total. The number of phenolic OH excluding ortho intramolecular Hbond substituents is 1. The summed E-state index contributed by atoms with van der Waals surface area (Å²) in [7, 11) is 0. The van der Waals surface area contributed by atoms with Crippen LogP contribution in [0.1, 0.15) is 157 Å². The maximum Gasteiger partial charge on any atom is 0.326 e. The lowest BCUT2D eigenvalue weighted by molar-refractivity contribution is -0.355. The predicted octanol–water partition coefficient (Wildman–Crippen LogP) is -8.58. The zero-order valence-electron chi connectivity index (χ0n) is 69.9. The second-order valence-corrected chi connectivity index (χ2v) is 32.4. The summed E-state index contributed by atoms with van der Waals surface area (Å²) < 4.78 is 0. The number of primary amides is 1. The number of aliphatic hydroxyl groups excluding tert-OH is 4. The van der Waals surface area contributed by atoms with Crippen LogP contribution in [0.25, 0.3) is 0 Å². The van der Waals surface area contributed by atoms with E-state index in [9.17, 15) is 127 Å². The Balaban J connectivity index is 1.08. The van der Waals surface area contributed by atoms with E-state index in [1.807, 2.05) is 0 Å². The number of rotatable bonds is 44. The molecule has 44 nitrogen and oxygen atoms in total. The Morgan fingerprint density at radius 1 is 0.434 bits per heavy atom. The fourth-order valence-corrected chi connectivity index (χ4v) is 15.4. The summed E-state index contributed by atoms with van der Waals surface area (Å²) in [6.07, 6.45) is -3.37. The topological polar surface area (TPSA) is 668 Å². The Labute approximate surface area is 704 Å². The number of nitrogens with two attached hydrogens (primary N) is 1. The minimum atomic E-state index is -2.04. The number of phenols is 1. The van der Waals surface area contributed by atoms with Crippen LogP contribution in [0.5, 0.6) is 5.75 Å². The number of carbonyl (C=O) groups excluding carboxylic acids is 17. The third-order valence-corrected chi connectivity index (χ3v) is 22.1. The highest BCUT2D eigenvalue weighted by atomic mass is 16.4. The first-order valence-electron chi connectivity index (χ1n) is 41.3. The van der Waals surface area contributed by atoms with E-state index in [1.165, 1.54) is 62.6 Å². The molecule has 0 bridgehead atoms. The molecule has 0 unspecified atom stereocenters. The number of carboxylic acid groups (broad SMARTS) is 2. The smallest absolute Gasteiger partial charge is 0.326 e. The van der Waals surface area contributed by atoms with Crippen molar-refractivity contribution < 1.29 is 133 Å². The molecule has 0 aliphatic carbocycles. The fourth-order valence-electron chi connectivity index (χ4n) is 15.4. The van der Waals surface area contributed by atoms with E-state index in [4.69, 9.17) is 5.73 Å². The molecular weight excluding hydrogens is 1600 g/mol. The quantitative estimate of drug-likeness (QED) is 0.0288. The molecule has 44 heteroatoms. The number of hydrogen-bond acceptors (Lipinski definition) is 24. The summed E-state index contributed by atoms with van der Waals surface area (Å²) in [6, 6.07) is -17.3. The summed E-state index contributed by atoms with van der Waals surface area (Å²) in [5, 5.41) is 97.3. The molecule has 5 aliphatic rings. The Hall–Kier alpha value is -11.2. The average molecular weight is 1730 g/mol. The summed E-state index contributed by atoms with van der Waals surface area (Å²) in [4.78, 5) is 267. The maximum atomic E-state index is 14.8. The van der Waals surface area contributed by atoms with Gasteiger partial charge in [0.1, 0.15) is 96.4 Å². The maximum absolute atomic E-state index is 14.8. The van der Waals surface area contributed by atoms with E-state index < -0.39 is 260 Å². The first-order valence-corrected chi connectivity index (χ1v) is 41.3. The number of carboxylic acids is 2. The molecule has 0 saturated carbocycles. The Bertz CT molecular complexity index is 3960. The van der Waals surface area contributed by atoms with Gasteiger partial charge < -0.3 is 130 Å². The highest BCUT2D eigenvalue weighted by Crippen LogP contribution is 2.31. The number of nitrogens with one attached hydrogen (secondary N) is 11. The van der Waals surface area contributed by atoms with E-state index in [0.717, 1.165) is 0 Å². The molecule has 17 amide bonds. The van der Waals surface area contributed by atoms with Crippen molar-refractivity contribution in [3.8, 4) is 5.75 Å². The van der Waals surface area contributed by atoms with Gasteiger partial charge in [-0.15, -0.1) is 0 Å². The van der Waals surface area contributed by atoms with Gasteiger partial charge in [-0.25, -0.2) is 4.79 Å². The number of quaternary nitrogens is 1. The molecular formula is C78H121N18O26+. The lowest BCUT2D eigenvalue weighted by Gasteiger charge is -2.35. The van der Waals surface area contributed by atoms with Crippen molar-refractivity contribution in [2.45, 2.75) is 261 Å². The number of aromatic hydroxyl groups is 1. The zero-order chi connectivity index (χ0) is 90.8. The van der Waals surface area contributed by atoms with E-state index in [1.54, 1.807) is 41.5 Å². The van der Waals surface area contributed by atoms with E-state index in [0.29, 0.717) is 19.3 Å². The number of benzene rings is 1. The van der Waals surface area contributed by atoms with Gasteiger partial charge in [-0.05, 0) is 126 Å². The van der Waals surface area contributed by atoms with Crippen molar-refractivity contribution in [1.29, 1.82) is 0 Å². The highest BCUT2D eigenvalue weighted by molar-refractivity contribution is 6.02. The van der Waals surface area contributed by atoms with Crippen LogP contribution >= 0.6 is 0 Å². The molecule has 18 atom stereocenters. The lowest BCUT2D eigenvalue weighted by Crippen LogP contribution is -2.63. The van der Waals surface area contributed by atoms with Crippen molar-refractivity contribution >= 4 is 112 Å².